The fourth-order valence-electron chi connectivity index (χ4n) is 1.56. The zero-order chi connectivity index (χ0) is 14.5. The maximum Gasteiger partial charge on any atom is 0.311 e. The van der Waals surface area contributed by atoms with Crippen molar-refractivity contribution in [1.29, 1.82) is 0 Å². The van der Waals surface area contributed by atoms with E-state index in [2.05, 4.69) is 25.0 Å². The minimum atomic E-state index is -0.521. The average molecular weight is 280 g/mol. The van der Waals surface area contributed by atoms with Crippen LogP contribution in [0.5, 0.6) is 0 Å². The van der Waals surface area contributed by atoms with Gasteiger partial charge in [0.2, 0.25) is 5.52 Å². The third-order valence-electron chi connectivity index (χ3n) is 2.78. The third-order valence-corrected chi connectivity index (χ3v) is 2.78. The van der Waals surface area contributed by atoms with Crippen molar-refractivity contribution in [2.24, 2.45) is 5.92 Å². The van der Waals surface area contributed by atoms with E-state index in [1.165, 1.54) is 19.2 Å². The highest BCUT2D eigenvalue weighted by Gasteiger charge is 2.24. The highest BCUT2D eigenvalue weighted by molar-refractivity contribution is 5.82. The number of methoxy groups -OCH3 is 1. The SMILES string of the molecule is COC(=O)C1CNC1.O=[N+]([O-])c1cccc2nonc12. The number of ether oxygens (including phenoxy) is 1. The summed E-state index contributed by atoms with van der Waals surface area (Å²) in [5.41, 5.74) is 0.487. The quantitative estimate of drug-likeness (QED) is 0.480. The smallest absolute Gasteiger partial charge is 0.311 e. The molecule has 1 aromatic heterocycles. The molecule has 1 aliphatic heterocycles. The Morgan fingerprint density at radius 1 is 1.50 bits per heavy atom. The molecule has 2 heterocycles. The number of aromatic nitrogens is 2. The van der Waals surface area contributed by atoms with Crippen LogP contribution in [-0.2, 0) is 9.53 Å². The second-order valence-corrected chi connectivity index (χ2v) is 4.04. The predicted molar refractivity (Wildman–Crippen MR) is 66.8 cm³/mol. The van der Waals surface area contributed by atoms with E-state index in [4.69, 9.17) is 0 Å². The lowest BCUT2D eigenvalue weighted by molar-refractivity contribution is -0.383. The molecule has 0 radical (unpaired) electrons. The Labute approximate surface area is 113 Å². The lowest BCUT2D eigenvalue weighted by Gasteiger charge is -2.23. The van der Waals surface area contributed by atoms with Gasteiger partial charge in [0.15, 0.2) is 0 Å². The molecule has 0 atom stereocenters. The summed E-state index contributed by atoms with van der Waals surface area (Å²) < 4.78 is 8.83. The maximum atomic E-state index is 10.5. The minimum Gasteiger partial charge on any atom is -0.469 e. The first-order valence-electron chi connectivity index (χ1n) is 5.77. The van der Waals surface area contributed by atoms with Gasteiger partial charge in [-0.3, -0.25) is 14.9 Å². The largest absolute Gasteiger partial charge is 0.469 e. The van der Waals surface area contributed by atoms with Crippen LogP contribution < -0.4 is 5.32 Å². The maximum absolute atomic E-state index is 10.5. The molecule has 1 fully saturated rings. The highest BCUT2D eigenvalue weighted by Crippen LogP contribution is 2.21. The van der Waals surface area contributed by atoms with Crippen molar-refractivity contribution < 1.29 is 19.1 Å². The number of benzene rings is 1. The van der Waals surface area contributed by atoms with Crippen LogP contribution in [-0.4, -0.2) is 41.4 Å². The van der Waals surface area contributed by atoms with Crippen LogP contribution in [0.3, 0.4) is 0 Å². The normalized spacial score (nSPS) is 14.1. The van der Waals surface area contributed by atoms with Crippen LogP contribution in [0.15, 0.2) is 22.8 Å². The molecule has 0 saturated carbocycles. The fourth-order valence-corrected chi connectivity index (χ4v) is 1.56. The van der Waals surface area contributed by atoms with E-state index in [0.717, 1.165) is 13.1 Å². The van der Waals surface area contributed by atoms with Crippen LogP contribution in [0.25, 0.3) is 11.0 Å². The van der Waals surface area contributed by atoms with Crippen molar-refractivity contribution >= 4 is 22.7 Å². The van der Waals surface area contributed by atoms with Gasteiger partial charge in [0.1, 0.15) is 5.52 Å². The standard InChI is InChI=1S/C6H3N3O3.C5H9NO2/c10-9(11)5-3-1-2-4-6(5)8-12-7-4;1-8-5(7)4-2-6-3-4/h1-3H;4,6H,2-3H2,1H3. The number of non-ortho nitro benzene ring substituents is 1. The number of rotatable bonds is 2. The molecule has 1 aromatic carbocycles. The molecule has 1 aliphatic rings. The van der Waals surface area contributed by atoms with Gasteiger partial charge < -0.3 is 10.1 Å². The monoisotopic (exact) mass is 280 g/mol. The summed E-state index contributed by atoms with van der Waals surface area (Å²) in [4.78, 5) is 20.4. The fraction of sp³-hybridized carbons (Fsp3) is 0.364. The van der Waals surface area contributed by atoms with Gasteiger partial charge in [0.05, 0.1) is 18.0 Å². The van der Waals surface area contributed by atoms with Crippen LogP contribution in [0.1, 0.15) is 0 Å². The van der Waals surface area contributed by atoms with Crippen molar-refractivity contribution in [1.82, 2.24) is 15.6 Å². The number of esters is 1. The molecule has 2 aromatic rings. The van der Waals surface area contributed by atoms with Gasteiger partial charge in [-0.15, -0.1) is 0 Å². The summed E-state index contributed by atoms with van der Waals surface area (Å²) in [6, 6.07) is 4.48. The number of nitrogens with zero attached hydrogens (tertiary/aromatic N) is 3. The van der Waals surface area contributed by atoms with E-state index in [9.17, 15) is 14.9 Å². The molecule has 0 spiro atoms. The summed E-state index contributed by atoms with van der Waals surface area (Å²) in [7, 11) is 1.42. The number of nitro benzene ring substituents is 1. The number of hydrogen-bond acceptors (Lipinski definition) is 8. The number of fused-ring (bicyclic) bond motifs is 1. The summed E-state index contributed by atoms with van der Waals surface area (Å²) in [6.07, 6.45) is 0. The van der Waals surface area contributed by atoms with Crippen LogP contribution in [0, 0.1) is 16.0 Å². The van der Waals surface area contributed by atoms with Gasteiger partial charge in [-0.2, -0.15) is 0 Å². The molecule has 1 N–H and O–H groups in total. The number of carbonyl (C=O) groups is 1. The Morgan fingerprint density at radius 3 is 2.75 bits per heavy atom. The Hall–Kier alpha value is -2.55. The molecule has 106 valence electrons. The lowest BCUT2D eigenvalue weighted by atomic mass is 10.0. The first-order chi connectivity index (χ1) is 9.63. The molecule has 9 heteroatoms. The first-order valence-corrected chi connectivity index (χ1v) is 5.77. The number of carbonyl (C=O) groups excluding carboxylic acids is 1. The molecule has 0 amide bonds. The summed E-state index contributed by atoms with van der Waals surface area (Å²) in [5, 5.41) is 20.3. The average Bonchev–Trinajstić information content (AvgIpc) is 2.85. The van der Waals surface area contributed by atoms with Crippen LogP contribution in [0.2, 0.25) is 0 Å². The second-order valence-electron chi connectivity index (χ2n) is 4.04. The summed E-state index contributed by atoms with van der Waals surface area (Å²) in [6.45, 7) is 1.57. The van der Waals surface area contributed by atoms with E-state index in [-0.39, 0.29) is 23.1 Å². The molecular formula is C11H12N4O5. The second kappa shape index (κ2) is 6.06. The summed E-state index contributed by atoms with van der Waals surface area (Å²) >= 11 is 0. The van der Waals surface area contributed by atoms with Gasteiger partial charge in [0, 0.05) is 19.2 Å². The van der Waals surface area contributed by atoms with E-state index in [1.54, 1.807) is 6.07 Å². The molecule has 0 aliphatic carbocycles. The van der Waals surface area contributed by atoms with Crippen molar-refractivity contribution in [2.75, 3.05) is 20.2 Å². The van der Waals surface area contributed by atoms with Crippen molar-refractivity contribution in [3.05, 3.63) is 28.3 Å². The van der Waals surface area contributed by atoms with Gasteiger partial charge in [-0.1, -0.05) is 6.07 Å². The highest BCUT2D eigenvalue weighted by atomic mass is 16.6. The van der Waals surface area contributed by atoms with E-state index >= 15 is 0 Å². The van der Waals surface area contributed by atoms with Gasteiger partial charge >= 0.3 is 11.7 Å². The van der Waals surface area contributed by atoms with Gasteiger partial charge in [0.25, 0.3) is 0 Å². The van der Waals surface area contributed by atoms with E-state index in [1.807, 2.05) is 0 Å². The van der Waals surface area contributed by atoms with E-state index in [0.29, 0.717) is 5.52 Å². The summed E-state index contributed by atoms with van der Waals surface area (Å²) in [5.74, 6) is 0.0312. The van der Waals surface area contributed by atoms with Crippen molar-refractivity contribution in [3.8, 4) is 0 Å². The zero-order valence-corrected chi connectivity index (χ0v) is 10.6. The van der Waals surface area contributed by atoms with Crippen molar-refractivity contribution in [2.45, 2.75) is 0 Å². The molecule has 1 saturated heterocycles. The topological polar surface area (TPSA) is 120 Å². The molecule has 3 rings (SSSR count). The molecule has 0 bridgehead atoms. The van der Waals surface area contributed by atoms with Gasteiger partial charge in [-0.25, -0.2) is 4.63 Å². The minimum absolute atomic E-state index is 0.0891. The van der Waals surface area contributed by atoms with Crippen LogP contribution >= 0.6 is 0 Å². The van der Waals surface area contributed by atoms with E-state index < -0.39 is 4.92 Å². The first kappa shape index (κ1) is 13.9. The Kier molecular flexibility index (Phi) is 4.20. The third kappa shape index (κ3) is 2.88. The predicted octanol–water partition coefficient (Wildman–Crippen LogP) is 0.510. The van der Waals surface area contributed by atoms with Crippen molar-refractivity contribution in [3.63, 3.8) is 0 Å². The number of hydrogen-bond donors (Lipinski definition) is 1. The number of nitrogens with one attached hydrogen (secondary N) is 1. The lowest BCUT2D eigenvalue weighted by Crippen LogP contribution is -2.46. The Bertz CT molecular complexity index is 622. The Balaban J connectivity index is 0.000000160. The molecular weight excluding hydrogens is 268 g/mol. The molecule has 0 unspecified atom stereocenters. The number of nitro groups is 1. The zero-order valence-electron chi connectivity index (χ0n) is 10.6. The molecule has 9 nitrogen and oxygen atoms in total. The van der Waals surface area contributed by atoms with Crippen LogP contribution in [0.4, 0.5) is 5.69 Å². The Morgan fingerprint density at radius 2 is 2.25 bits per heavy atom. The van der Waals surface area contributed by atoms with Gasteiger partial charge in [-0.05, 0) is 16.4 Å². The molecule has 20 heavy (non-hydrogen) atoms.